The molecule has 1 aliphatic heterocycles. The maximum absolute atomic E-state index is 12.2. The van der Waals surface area contributed by atoms with Crippen LogP contribution >= 0.6 is 11.6 Å². The number of halogens is 1. The van der Waals surface area contributed by atoms with Gasteiger partial charge in [0.1, 0.15) is 0 Å². The topological polar surface area (TPSA) is 37.4 Å². The van der Waals surface area contributed by atoms with Crippen LogP contribution in [0.5, 0.6) is 0 Å². The molecule has 0 saturated carbocycles. The Bertz CT molecular complexity index is 330. The normalized spacial score (nSPS) is 23.2. The predicted molar refractivity (Wildman–Crippen MR) is 77.5 cm³/mol. The van der Waals surface area contributed by atoms with Crippen molar-refractivity contribution >= 4 is 21.6 Å². The fourth-order valence-corrected chi connectivity index (χ4v) is 4.36. The van der Waals surface area contributed by atoms with Gasteiger partial charge in [0.15, 0.2) is 0 Å². The zero-order valence-corrected chi connectivity index (χ0v) is 13.1. The van der Waals surface area contributed by atoms with E-state index in [0.29, 0.717) is 37.2 Å². The fraction of sp³-hybridized carbons (Fsp3) is 1.00. The van der Waals surface area contributed by atoms with Gasteiger partial charge in [-0.3, -0.25) is 0 Å². The molecule has 1 rings (SSSR count). The average Bonchev–Trinajstić information content (AvgIpc) is 2.55. The van der Waals surface area contributed by atoms with E-state index in [2.05, 4.69) is 13.8 Å². The number of sulfonamides is 1. The minimum atomic E-state index is -3.05. The standard InChI is InChI=1S/C13H26ClNO2S/c1-12(2)13-6-5-9-15(10-7-13)18(16,17)11-4-3-8-14/h12-13H,3-11H2,1-2H3. The van der Waals surface area contributed by atoms with Crippen molar-refractivity contribution in [1.29, 1.82) is 0 Å². The van der Waals surface area contributed by atoms with E-state index in [1.54, 1.807) is 4.31 Å². The number of unbranched alkanes of at least 4 members (excludes halogenated alkanes) is 1. The molecule has 108 valence electrons. The summed E-state index contributed by atoms with van der Waals surface area (Å²) in [5.74, 6) is 2.13. The molecule has 0 bridgehead atoms. The first kappa shape index (κ1) is 16.3. The van der Waals surface area contributed by atoms with Crippen molar-refractivity contribution in [2.24, 2.45) is 11.8 Å². The molecular formula is C13H26ClNO2S. The first-order valence-corrected chi connectivity index (χ1v) is 9.15. The minimum absolute atomic E-state index is 0.256. The molecule has 1 atom stereocenters. The maximum atomic E-state index is 12.2. The summed E-state index contributed by atoms with van der Waals surface area (Å²) in [7, 11) is -3.05. The van der Waals surface area contributed by atoms with Crippen LogP contribution in [0.15, 0.2) is 0 Å². The highest BCUT2D eigenvalue weighted by molar-refractivity contribution is 7.89. The summed E-state index contributed by atoms with van der Waals surface area (Å²) in [6.07, 6.45) is 4.62. The van der Waals surface area contributed by atoms with Crippen molar-refractivity contribution in [1.82, 2.24) is 4.31 Å². The molecule has 1 heterocycles. The summed E-state index contributed by atoms with van der Waals surface area (Å²) in [6.45, 7) is 5.86. The predicted octanol–water partition coefficient (Wildman–Crippen LogP) is 3.09. The molecule has 0 amide bonds. The van der Waals surface area contributed by atoms with Crippen molar-refractivity contribution in [2.45, 2.75) is 46.0 Å². The van der Waals surface area contributed by atoms with Gasteiger partial charge in [-0.1, -0.05) is 13.8 Å². The highest BCUT2D eigenvalue weighted by Gasteiger charge is 2.26. The molecule has 18 heavy (non-hydrogen) atoms. The van der Waals surface area contributed by atoms with Gasteiger partial charge in [0.05, 0.1) is 5.75 Å². The first-order chi connectivity index (χ1) is 8.47. The summed E-state index contributed by atoms with van der Waals surface area (Å²) >= 11 is 5.59. The van der Waals surface area contributed by atoms with E-state index in [-0.39, 0.29) is 5.75 Å². The zero-order valence-electron chi connectivity index (χ0n) is 11.6. The van der Waals surface area contributed by atoms with Crippen LogP contribution in [-0.4, -0.2) is 37.4 Å². The van der Waals surface area contributed by atoms with E-state index >= 15 is 0 Å². The molecule has 0 radical (unpaired) electrons. The molecule has 0 aromatic heterocycles. The monoisotopic (exact) mass is 295 g/mol. The van der Waals surface area contributed by atoms with Crippen LogP contribution < -0.4 is 0 Å². The second kappa shape index (κ2) is 7.71. The van der Waals surface area contributed by atoms with Crippen molar-refractivity contribution in [2.75, 3.05) is 24.7 Å². The van der Waals surface area contributed by atoms with E-state index in [1.807, 2.05) is 0 Å². The van der Waals surface area contributed by atoms with Crippen molar-refractivity contribution < 1.29 is 8.42 Å². The number of nitrogens with zero attached hydrogens (tertiary/aromatic N) is 1. The van der Waals surface area contributed by atoms with Crippen LogP contribution in [0.3, 0.4) is 0 Å². The SMILES string of the molecule is CC(C)C1CCCN(S(=O)(=O)CCCCCl)CC1. The third kappa shape index (κ3) is 5.06. The lowest BCUT2D eigenvalue weighted by atomic mass is 9.89. The third-order valence-corrected chi connectivity index (χ3v) is 6.08. The second-order valence-electron chi connectivity index (χ2n) is 5.55. The van der Waals surface area contributed by atoms with E-state index in [0.717, 1.165) is 25.7 Å². The molecule has 0 aromatic rings. The molecule has 5 heteroatoms. The molecule has 0 N–H and O–H groups in total. The average molecular weight is 296 g/mol. The summed E-state index contributed by atoms with van der Waals surface area (Å²) in [6, 6.07) is 0. The Morgan fingerprint density at radius 3 is 2.56 bits per heavy atom. The van der Waals surface area contributed by atoms with Gasteiger partial charge in [0.2, 0.25) is 10.0 Å². The first-order valence-electron chi connectivity index (χ1n) is 7.01. The van der Waals surface area contributed by atoms with Gasteiger partial charge in [0, 0.05) is 19.0 Å². The highest BCUT2D eigenvalue weighted by Crippen LogP contribution is 2.25. The molecule has 1 aliphatic rings. The van der Waals surface area contributed by atoms with Gasteiger partial charge in [-0.05, 0) is 43.9 Å². The Balaban J connectivity index is 2.51. The molecule has 0 aliphatic carbocycles. The Morgan fingerprint density at radius 1 is 1.22 bits per heavy atom. The van der Waals surface area contributed by atoms with E-state index < -0.39 is 10.0 Å². The Hall–Kier alpha value is 0.200. The summed E-state index contributed by atoms with van der Waals surface area (Å²) in [5.41, 5.74) is 0. The lowest BCUT2D eigenvalue weighted by Crippen LogP contribution is -2.34. The van der Waals surface area contributed by atoms with E-state index in [4.69, 9.17) is 11.6 Å². The summed E-state index contributed by atoms with van der Waals surface area (Å²) in [4.78, 5) is 0. The number of rotatable bonds is 6. The summed E-state index contributed by atoms with van der Waals surface area (Å²) < 4.78 is 26.0. The Labute approximate surface area is 117 Å². The Kier molecular flexibility index (Phi) is 6.96. The quantitative estimate of drug-likeness (QED) is 0.558. The van der Waals surface area contributed by atoms with Crippen molar-refractivity contribution in [3.63, 3.8) is 0 Å². The largest absolute Gasteiger partial charge is 0.214 e. The smallest absolute Gasteiger partial charge is 0.212 e. The van der Waals surface area contributed by atoms with Gasteiger partial charge in [-0.15, -0.1) is 11.6 Å². The molecule has 1 fully saturated rings. The highest BCUT2D eigenvalue weighted by atomic mass is 35.5. The van der Waals surface area contributed by atoms with Gasteiger partial charge < -0.3 is 0 Å². The minimum Gasteiger partial charge on any atom is -0.212 e. The van der Waals surface area contributed by atoms with Crippen LogP contribution in [0, 0.1) is 11.8 Å². The number of hydrogen-bond acceptors (Lipinski definition) is 2. The second-order valence-corrected chi connectivity index (χ2v) is 8.01. The van der Waals surface area contributed by atoms with Crippen LogP contribution in [0.1, 0.15) is 46.0 Å². The van der Waals surface area contributed by atoms with E-state index in [9.17, 15) is 8.42 Å². The number of alkyl halides is 1. The molecule has 1 saturated heterocycles. The van der Waals surface area contributed by atoms with E-state index in [1.165, 1.54) is 0 Å². The van der Waals surface area contributed by atoms with Crippen LogP contribution in [0.2, 0.25) is 0 Å². The van der Waals surface area contributed by atoms with Crippen molar-refractivity contribution in [3.8, 4) is 0 Å². The van der Waals surface area contributed by atoms with Crippen molar-refractivity contribution in [3.05, 3.63) is 0 Å². The Morgan fingerprint density at radius 2 is 1.94 bits per heavy atom. The molecule has 3 nitrogen and oxygen atoms in total. The lowest BCUT2D eigenvalue weighted by Gasteiger charge is -2.21. The lowest BCUT2D eigenvalue weighted by molar-refractivity contribution is 0.340. The zero-order chi connectivity index (χ0) is 13.6. The van der Waals surface area contributed by atoms with Crippen LogP contribution in [-0.2, 0) is 10.0 Å². The summed E-state index contributed by atoms with van der Waals surface area (Å²) in [5, 5.41) is 0. The van der Waals surface area contributed by atoms with Crippen LogP contribution in [0.4, 0.5) is 0 Å². The number of hydrogen-bond donors (Lipinski definition) is 0. The van der Waals surface area contributed by atoms with Gasteiger partial charge >= 0.3 is 0 Å². The van der Waals surface area contributed by atoms with Crippen LogP contribution in [0.25, 0.3) is 0 Å². The fourth-order valence-electron chi connectivity index (χ4n) is 2.55. The van der Waals surface area contributed by atoms with Gasteiger partial charge in [-0.2, -0.15) is 0 Å². The molecule has 0 aromatic carbocycles. The molecule has 1 unspecified atom stereocenters. The maximum Gasteiger partial charge on any atom is 0.214 e. The molecule has 0 spiro atoms. The van der Waals surface area contributed by atoms with Gasteiger partial charge in [0.25, 0.3) is 0 Å². The van der Waals surface area contributed by atoms with Gasteiger partial charge in [-0.25, -0.2) is 12.7 Å². The molecular weight excluding hydrogens is 270 g/mol. The third-order valence-electron chi connectivity index (χ3n) is 3.85.